The highest BCUT2D eigenvalue weighted by atomic mass is 16.6. The van der Waals surface area contributed by atoms with Crippen molar-refractivity contribution < 1.29 is 23.8 Å². The topological polar surface area (TPSA) is 92.9 Å². The molecule has 7 nitrogen and oxygen atoms in total. The summed E-state index contributed by atoms with van der Waals surface area (Å²) in [7, 11) is 0. The fourth-order valence-electron chi connectivity index (χ4n) is 2.24. The lowest BCUT2D eigenvalue weighted by atomic mass is 10.1. The van der Waals surface area contributed by atoms with Crippen molar-refractivity contribution in [3.8, 4) is 0 Å². The molecule has 0 radical (unpaired) electrons. The van der Waals surface area contributed by atoms with Gasteiger partial charge in [0.05, 0.1) is 11.6 Å². The maximum absolute atomic E-state index is 12.0. The summed E-state index contributed by atoms with van der Waals surface area (Å²) in [6, 6.07) is 0. The molecule has 21 heavy (non-hydrogen) atoms. The van der Waals surface area contributed by atoms with E-state index in [1.165, 1.54) is 0 Å². The van der Waals surface area contributed by atoms with Gasteiger partial charge in [0.15, 0.2) is 0 Å². The Morgan fingerprint density at radius 2 is 2.10 bits per heavy atom. The second-order valence-electron chi connectivity index (χ2n) is 6.18. The van der Waals surface area contributed by atoms with E-state index in [1.807, 2.05) is 20.8 Å². The van der Waals surface area contributed by atoms with Gasteiger partial charge in [-0.15, -0.1) is 0 Å². The molecule has 0 bridgehead atoms. The van der Waals surface area contributed by atoms with Gasteiger partial charge in [-0.3, -0.25) is 0 Å². The minimum Gasteiger partial charge on any atom is -0.475 e. The first-order valence-electron chi connectivity index (χ1n) is 6.86. The van der Waals surface area contributed by atoms with Crippen molar-refractivity contribution in [1.82, 2.24) is 9.88 Å². The maximum atomic E-state index is 12.0. The molecular formula is C14H20N2O5. The van der Waals surface area contributed by atoms with Crippen LogP contribution in [0.15, 0.2) is 4.42 Å². The number of nitrogens with zero attached hydrogens (tertiary/aromatic N) is 2. The maximum Gasteiger partial charge on any atom is 0.410 e. The molecule has 1 unspecified atom stereocenters. The molecule has 0 aliphatic carbocycles. The molecule has 1 amide bonds. The monoisotopic (exact) mass is 296 g/mol. The minimum absolute atomic E-state index is 0.0932. The van der Waals surface area contributed by atoms with Crippen molar-refractivity contribution in [2.24, 2.45) is 0 Å². The van der Waals surface area contributed by atoms with Crippen LogP contribution in [0.25, 0.3) is 0 Å². The third-order valence-electron chi connectivity index (χ3n) is 3.20. The number of hydrogen-bond acceptors (Lipinski definition) is 5. The van der Waals surface area contributed by atoms with Gasteiger partial charge >= 0.3 is 12.1 Å². The Bertz CT molecular complexity index is 558. The number of likely N-dealkylation sites (tertiary alicyclic amines) is 1. The fourth-order valence-corrected chi connectivity index (χ4v) is 2.24. The molecule has 7 heteroatoms. The highest BCUT2D eigenvalue weighted by molar-refractivity contribution is 5.85. The van der Waals surface area contributed by atoms with Crippen molar-refractivity contribution in [2.45, 2.75) is 45.6 Å². The number of carboxylic acids is 1. The average Bonchev–Trinajstić information content (AvgIpc) is 2.92. The first-order valence-corrected chi connectivity index (χ1v) is 6.86. The Kier molecular flexibility index (Phi) is 3.93. The number of hydrogen-bond donors (Lipinski definition) is 1. The van der Waals surface area contributed by atoms with Crippen LogP contribution in [0.4, 0.5) is 4.79 Å². The molecular weight excluding hydrogens is 276 g/mol. The number of amides is 1. The molecule has 2 rings (SSSR count). The van der Waals surface area contributed by atoms with Crippen LogP contribution < -0.4 is 0 Å². The van der Waals surface area contributed by atoms with Gasteiger partial charge in [0.25, 0.3) is 0 Å². The number of carboxylic acid groups (broad SMARTS) is 1. The van der Waals surface area contributed by atoms with E-state index >= 15 is 0 Å². The van der Waals surface area contributed by atoms with Crippen molar-refractivity contribution >= 4 is 12.1 Å². The normalized spacial score (nSPS) is 18.9. The van der Waals surface area contributed by atoms with Crippen LogP contribution >= 0.6 is 0 Å². The van der Waals surface area contributed by atoms with E-state index in [9.17, 15) is 9.59 Å². The van der Waals surface area contributed by atoms with Crippen molar-refractivity contribution in [2.75, 3.05) is 13.1 Å². The number of aromatic carboxylic acids is 1. The number of aromatic nitrogens is 1. The molecule has 1 atom stereocenters. The molecule has 1 aliphatic rings. The third kappa shape index (κ3) is 3.53. The molecule has 1 N–H and O–H groups in total. The lowest BCUT2D eigenvalue weighted by Crippen LogP contribution is -2.35. The Morgan fingerprint density at radius 3 is 2.62 bits per heavy atom. The summed E-state index contributed by atoms with van der Waals surface area (Å²) in [4.78, 5) is 28.7. The van der Waals surface area contributed by atoms with Gasteiger partial charge in [-0.25, -0.2) is 14.6 Å². The van der Waals surface area contributed by atoms with E-state index in [2.05, 4.69) is 4.98 Å². The number of oxazole rings is 1. The predicted octanol–water partition coefficient (Wildman–Crippen LogP) is 2.41. The number of rotatable bonds is 2. The molecule has 1 aromatic heterocycles. The van der Waals surface area contributed by atoms with E-state index in [1.54, 1.807) is 11.8 Å². The average molecular weight is 296 g/mol. The van der Waals surface area contributed by atoms with Gasteiger partial charge in [-0.05, 0) is 34.1 Å². The Hall–Kier alpha value is -2.05. The number of carbonyl (C=O) groups excluding carboxylic acids is 1. The summed E-state index contributed by atoms with van der Waals surface area (Å²) in [6.07, 6.45) is 0.310. The van der Waals surface area contributed by atoms with Crippen molar-refractivity contribution in [1.29, 1.82) is 0 Å². The zero-order valence-corrected chi connectivity index (χ0v) is 12.7. The smallest absolute Gasteiger partial charge is 0.410 e. The van der Waals surface area contributed by atoms with Gasteiger partial charge in [0, 0.05) is 13.1 Å². The van der Waals surface area contributed by atoms with E-state index in [4.69, 9.17) is 14.3 Å². The van der Waals surface area contributed by atoms with Gasteiger partial charge in [-0.1, -0.05) is 0 Å². The van der Waals surface area contributed by atoms with Crippen molar-refractivity contribution in [3.63, 3.8) is 0 Å². The van der Waals surface area contributed by atoms with Gasteiger partial charge in [0.1, 0.15) is 5.60 Å². The fraction of sp³-hybridized carbons (Fsp3) is 0.643. The van der Waals surface area contributed by atoms with Crippen LogP contribution in [0.1, 0.15) is 55.2 Å². The molecule has 116 valence electrons. The first-order chi connectivity index (χ1) is 9.67. The van der Waals surface area contributed by atoms with E-state index in [-0.39, 0.29) is 17.8 Å². The summed E-state index contributed by atoms with van der Waals surface area (Å²) in [6.45, 7) is 8.01. The van der Waals surface area contributed by atoms with Crippen LogP contribution in [0.5, 0.6) is 0 Å². The third-order valence-corrected chi connectivity index (χ3v) is 3.20. The lowest BCUT2D eigenvalue weighted by Gasteiger charge is -2.24. The Labute approximate surface area is 122 Å². The highest BCUT2D eigenvalue weighted by Gasteiger charge is 2.33. The number of carbonyl (C=O) groups is 2. The summed E-state index contributed by atoms with van der Waals surface area (Å²) in [5, 5.41) is 8.97. The summed E-state index contributed by atoms with van der Waals surface area (Å²) < 4.78 is 10.6. The molecule has 1 aromatic rings. The first kappa shape index (κ1) is 15.3. The molecule has 1 aliphatic heterocycles. The molecule has 0 aromatic carbocycles. The van der Waals surface area contributed by atoms with Gasteiger partial charge in [-0.2, -0.15) is 0 Å². The van der Waals surface area contributed by atoms with Crippen LogP contribution in [0, 0.1) is 6.92 Å². The highest BCUT2D eigenvalue weighted by Crippen LogP contribution is 2.29. The minimum atomic E-state index is -1.13. The van der Waals surface area contributed by atoms with Gasteiger partial charge < -0.3 is 19.2 Å². The van der Waals surface area contributed by atoms with E-state index in [0.29, 0.717) is 31.1 Å². The summed E-state index contributed by atoms with van der Waals surface area (Å²) in [5.74, 6) is -0.991. The predicted molar refractivity (Wildman–Crippen MR) is 73.4 cm³/mol. The zero-order chi connectivity index (χ0) is 15.8. The quantitative estimate of drug-likeness (QED) is 0.900. The molecule has 1 saturated heterocycles. The summed E-state index contributed by atoms with van der Waals surface area (Å²) in [5.41, 5.74) is -0.182. The largest absolute Gasteiger partial charge is 0.475 e. The van der Waals surface area contributed by atoms with Gasteiger partial charge in [0.2, 0.25) is 11.7 Å². The van der Waals surface area contributed by atoms with Crippen LogP contribution in [-0.4, -0.2) is 45.7 Å². The van der Waals surface area contributed by atoms with Crippen LogP contribution in [-0.2, 0) is 4.74 Å². The van der Waals surface area contributed by atoms with Crippen LogP contribution in [0.2, 0.25) is 0 Å². The second-order valence-corrected chi connectivity index (χ2v) is 6.18. The lowest BCUT2D eigenvalue weighted by molar-refractivity contribution is 0.0291. The van der Waals surface area contributed by atoms with E-state index < -0.39 is 11.6 Å². The van der Waals surface area contributed by atoms with Crippen LogP contribution in [0.3, 0.4) is 0 Å². The standard InChI is InChI=1S/C14H20N2O5/c1-8-10(12(17)18)20-11(15-8)9-5-6-16(7-9)13(19)21-14(2,3)4/h9H,5-7H2,1-4H3,(H,17,18). The zero-order valence-electron chi connectivity index (χ0n) is 12.7. The van der Waals surface area contributed by atoms with E-state index in [0.717, 1.165) is 0 Å². The SMILES string of the molecule is Cc1nc(C2CCN(C(=O)OC(C)(C)C)C2)oc1C(=O)O. The second kappa shape index (κ2) is 5.38. The number of ether oxygens (including phenoxy) is 1. The number of aryl methyl sites for hydroxylation is 1. The molecule has 2 heterocycles. The summed E-state index contributed by atoms with van der Waals surface area (Å²) >= 11 is 0. The molecule has 1 fully saturated rings. The Balaban J connectivity index is 2.04. The molecule has 0 spiro atoms. The van der Waals surface area contributed by atoms with Crippen molar-refractivity contribution in [3.05, 3.63) is 17.3 Å². The Morgan fingerprint density at radius 1 is 1.43 bits per heavy atom. The molecule has 0 saturated carbocycles.